The fourth-order valence-corrected chi connectivity index (χ4v) is 4.26. The molecule has 4 rings (SSSR count). The lowest BCUT2D eigenvalue weighted by molar-refractivity contribution is 0.104. The minimum absolute atomic E-state index is 0.0339. The summed E-state index contributed by atoms with van der Waals surface area (Å²) in [6.45, 7) is 0. The van der Waals surface area contributed by atoms with E-state index in [0.29, 0.717) is 41.4 Å². The molecule has 232 valence electrons. The Bertz CT molecular complexity index is 1600. The average molecular weight is 605 g/mol. The van der Waals surface area contributed by atoms with Crippen LogP contribution >= 0.6 is 0 Å². The molecule has 4 aromatic rings. The molecule has 0 aromatic heterocycles. The number of phenols is 4. The molecule has 0 heterocycles. The molecule has 44 heavy (non-hydrogen) atoms. The predicted octanol–water partition coefficient (Wildman–Crippen LogP) is 5.79. The number of hydrogen-bond donors (Lipinski definition) is 5. The van der Waals surface area contributed by atoms with Gasteiger partial charge in [0, 0.05) is 17.7 Å². The van der Waals surface area contributed by atoms with Crippen molar-refractivity contribution in [2.24, 2.45) is 0 Å². The maximum atomic E-state index is 12.0. The molecular formula is C34H36O10. The Kier molecular flexibility index (Phi) is 11.9. The van der Waals surface area contributed by atoms with Gasteiger partial charge in [0.15, 0.2) is 28.8 Å². The third-order valence-electron chi connectivity index (χ3n) is 6.61. The molecule has 0 saturated heterocycles. The van der Waals surface area contributed by atoms with Gasteiger partial charge in [0.1, 0.15) is 23.0 Å². The van der Waals surface area contributed by atoms with E-state index >= 15 is 0 Å². The summed E-state index contributed by atoms with van der Waals surface area (Å²) < 4.78 is 20.8. The van der Waals surface area contributed by atoms with Crippen LogP contribution < -0.4 is 18.9 Å². The van der Waals surface area contributed by atoms with Gasteiger partial charge in [-0.2, -0.15) is 0 Å². The summed E-state index contributed by atoms with van der Waals surface area (Å²) in [6.07, 6.45) is 3.19. The minimum Gasteiger partial charge on any atom is -0.508 e. The Morgan fingerprint density at radius 3 is 1.84 bits per heavy atom. The Morgan fingerprint density at radius 1 is 0.682 bits per heavy atom. The van der Waals surface area contributed by atoms with Crippen LogP contribution in [0.25, 0.3) is 6.08 Å². The van der Waals surface area contributed by atoms with E-state index in [9.17, 15) is 30.3 Å². The highest BCUT2D eigenvalue weighted by atomic mass is 16.5. The zero-order valence-corrected chi connectivity index (χ0v) is 24.9. The van der Waals surface area contributed by atoms with Crippen LogP contribution in [0.15, 0.2) is 78.9 Å². The Hall–Kier alpha value is -5.35. The topological polar surface area (TPSA) is 155 Å². The fourth-order valence-electron chi connectivity index (χ4n) is 4.26. The molecule has 10 heteroatoms. The lowest BCUT2D eigenvalue weighted by atomic mass is 10.00. The van der Waals surface area contributed by atoms with Gasteiger partial charge in [0.05, 0.1) is 40.1 Å². The summed E-state index contributed by atoms with van der Waals surface area (Å²) in [5.74, 6) is 1.58. The normalized spacial score (nSPS) is 11.3. The van der Waals surface area contributed by atoms with E-state index in [-0.39, 0.29) is 34.3 Å². The molecule has 0 aliphatic carbocycles. The maximum absolute atomic E-state index is 12.0. The summed E-state index contributed by atoms with van der Waals surface area (Å²) in [5, 5.41) is 48.1. The van der Waals surface area contributed by atoms with Crippen LogP contribution in [0.5, 0.6) is 46.0 Å². The van der Waals surface area contributed by atoms with Gasteiger partial charge < -0.3 is 44.5 Å². The number of aliphatic hydroxyl groups is 1. The van der Waals surface area contributed by atoms with Crippen molar-refractivity contribution in [2.75, 3.05) is 28.4 Å². The lowest BCUT2D eigenvalue weighted by Gasteiger charge is -2.14. The SMILES string of the molecule is COc1ccc(/C=C/C(=O)c2ccc(O)cc2O)cc1OC.COc1ccc(CCC(O)c2ccc(O)cc2O)cc1OC. The number of rotatable bonds is 11. The smallest absolute Gasteiger partial charge is 0.189 e. The Balaban J connectivity index is 0.000000240. The Labute approximate surface area is 255 Å². The minimum atomic E-state index is -0.811. The first-order chi connectivity index (χ1) is 21.1. The van der Waals surface area contributed by atoms with E-state index in [4.69, 9.17) is 18.9 Å². The predicted molar refractivity (Wildman–Crippen MR) is 165 cm³/mol. The van der Waals surface area contributed by atoms with Crippen molar-refractivity contribution in [1.82, 2.24) is 0 Å². The van der Waals surface area contributed by atoms with Crippen LogP contribution in [0, 0.1) is 0 Å². The molecule has 0 amide bonds. The van der Waals surface area contributed by atoms with Crippen LogP contribution in [-0.4, -0.2) is 59.8 Å². The summed E-state index contributed by atoms with van der Waals surface area (Å²) in [4.78, 5) is 12.0. The van der Waals surface area contributed by atoms with E-state index in [1.807, 2.05) is 18.2 Å². The first kappa shape index (κ1) is 33.2. The second kappa shape index (κ2) is 15.8. The number of ether oxygens (including phenoxy) is 4. The van der Waals surface area contributed by atoms with Crippen molar-refractivity contribution in [1.29, 1.82) is 0 Å². The maximum Gasteiger partial charge on any atom is 0.189 e. The summed E-state index contributed by atoms with van der Waals surface area (Å²) in [5.41, 5.74) is 2.27. The number of hydrogen-bond acceptors (Lipinski definition) is 10. The molecule has 0 radical (unpaired) electrons. The molecule has 0 saturated carbocycles. The zero-order chi connectivity index (χ0) is 32.2. The highest BCUT2D eigenvalue weighted by Crippen LogP contribution is 2.32. The zero-order valence-electron chi connectivity index (χ0n) is 24.9. The number of carbonyl (C=O) groups is 1. The van der Waals surface area contributed by atoms with Gasteiger partial charge in [-0.3, -0.25) is 4.79 Å². The van der Waals surface area contributed by atoms with Crippen LogP contribution in [0.1, 0.15) is 39.6 Å². The number of methoxy groups -OCH3 is 4. The fraction of sp³-hybridized carbons (Fsp3) is 0.206. The van der Waals surface area contributed by atoms with Crippen LogP contribution in [0.4, 0.5) is 0 Å². The van der Waals surface area contributed by atoms with Crippen molar-refractivity contribution < 1.29 is 49.3 Å². The number of carbonyl (C=O) groups excluding carboxylic acids is 1. The number of aromatic hydroxyl groups is 4. The third kappa shape index (κ3) is 8.83. The van der Waals surface area contributed by atoms with Gasteiger partial charge in [-0.15, -0.1) is 0 Å². The average Bonchev–Trinajstić information content (AvgIpc) is 3.02. The van der Waals surface area contributed by atoms with Crippen molar-refractivity contribution >= 4 is 11.9 Å². The number of allylic oxidation sites excluding steroid dienone is 1. The molecule has 1 unspecified atom stereocenters. The standard InChI is InChI=1S/C17H20O5.C17H16O5/c2*1-21-16-8-4-11(9-17(16)22-2)3-7-14(19)13-6-5-12(18)10-15(13)20/h4-6,8-10,14,18-20H,3,7H2,1-2H3;3-10,18,20H,1-2H3/b;7-3+. The largest absolute Gasteiger partial charge is 0.508 e. The highest BCUT2D eigenvalue weighted by Gasteiger charge is 2.14. The van der Waals surface area contributed by atoms with Gasteiger partial charge in [-0.05, 0) is 78.6 Å². The molecular weight excluding hydrogens is 568 g/mol. The molecule has 0 bridgehead atoms. The van der Waals surface area contributed by atoms with Crippen molar-refractivity contribution in [3.05, 3.63) is 101 Å². The molecule has 5 N–H and O–H groups in total. The summed E-state index contributed by atoms with van der Waals surface area (Å²) in [7, 11) is 6.23. The number of aliphatic hydroxyl groups excluding tert-OH is 1. The van der Waals surface area contributed by atoms with Crippen LogP contribution in [0.3, 0.4) is 0 Å². The second-order valence-corrected chi connectivity index (χ2v) is 9.50. The van der Waals surface area contributed by atoms with Gasteiger partial charge in [0.2, 0.25) is 0 Å². The van der Waals surface area contributed by atoms with E-state index in [2.05, 4.69) is 0 Å². The third-order valence-corrected chi connectivity index (χ3v) is 6.61. The molecule has 1 atom stereocenters. The van der Waals surface area contributed by atoms with Gasteiger partial charge in [0.25, 0.3) is 0 Å². The van der Waals surface area contributed by atoms with Gasteiger partial charge >= 0.3 is 0 Å². The Morgan fingerprint density at radius 2 is 1.25 bits per heavy atom. The summed E-state index contributed by atoms with van der Waals surface area (Å²) >= 11 is 0. The lowest BCUT2D eigenvalue weighted by Crippen LogP contribution is -2.00. The first-order valence-electron chi connectivity index (χ1n) is 13.5. The van der Waals surface area contributed by atoms with Gasteiger partial charge in [-0.25, -0.2) is 0 Å². The number of benzene rings is 4. The number of aryl methyl sites for hydroxylation is 1. The van der Waals surface area contributed by atoms with Crippen molar-refractivity contribution in [3.8, 4) is 46.0 Å². The van der Waals surface area contributed by atoms with E-state index in [1.165, 1.54) is 43.5 Å². The van der Waals surface area contributed by atoms with E-state index in [0.717, 1.165) is 17.2 Å². The highest BCUT2D eigenvalue weighted by molar-refractivity contribution is 6.08. The van der Waals surface area contributed by atoms with E-state index < -0.39 is 6.10 Å². The molecule has 0 spiro atoms. The number of phenolic OH excluding ortho intramolecular Hbond substituents is 4. The number of ketones is 1. The molecule has 10 nitrogen and oxygen atoms in total. The quantitative estimate of drug-likeness (QED) is 0.105. The molecule has 0 aliphatic rings. The van der Waals surface area contributed by atoms with Crippen LogP contribution in [0.2, 0.25) is 0 Å². The van der Waals surface area contributed by atoms with Crippen molar-refractivity contribution in [2.45, 2.75) is 18.9 Å². The second-order valence-electron chi connectivity index (χ2n) is 9.50. The molecule has 0 aliphatic heterocycles. The van der Waals surface area contributed by atoms with Gasteiger partial charge in [-0.1, -0.05) is 18.2 Å². The summed E-state index contributed by atoms with van der Waals surface area (Å²) in [6, 6.07) is 18.8. The molecule has 4 aromatic carbocycles. The first-order valence-corrected chi connectivity index (χ1v) is 13.5. The monoisotopic (exact) mass is 604 g/mol. The van der Waals surface area contributed by atoms with Crippen LogP contribution in [-0.2, 0) is 6.42 Å². The van der Waals surface area contributed by atoms with Crippen molar-refractivity contribution in [3.63, 3.8) is 0 Å². The molecule has 0 fully saturated rings. The van der Waals surface area contributed by atoms with E-state index in [1.54, 1.807) is 45.6 Å².